The highest BCUT2D eigenvalue weighted by molar-refractivity contribution is 5.92. The SMILES string of the molecule is COc1ccc(OC)c(C=CC(=O)NCC2COc3ccccc3O2)c1. The number of para-hydroxylation sites is 2. The molecular weight excluding hydrogens is 334 g/mol. The molecule has 0 fully saturated rings. The number of fused-ring (bicyclic) bond motifs is 1. The van der Waals surface area contributed by atoms with Crippen LogP contribution in [0, 0.1) is 0 Å². The maximum absolute atomic E-state index is 12.1. The Morgan fingerprint density at radius 2 is 2.00 bits per heavy atom. The van der Waals surface area contributed by atoms with Crippen LogP contribution in [-0.2, 0) is 4.79 Å². The summed E-state index contributed by atoms with van der Waals surface area (Å²) in [4.78, 5) is 12.1. The molecule has 6 heteroatoms. The summed E-state index contributed by atoms with van der Waals surface area (Å²) in [6.07, 6.45) is 2.91. The van der Waals surface area contributed by atoms with Crippen LogP contribution in [0.5, 0.6) is 23.0 Å². The molecule has 1 unspecified atom stereocenters. The van der Waals surface area contributed by atoms with Gasteiger partial charge in [-0.2, -0.15) is 0 Å². The maximum Gasteiger partial charge on any atom is 0.244 e. The Morgan fingerprint density at radius 1 is 1.19 bits per heavy atom. The van der Waals surface area contributed by atoms with Crippen LogP contribution in [0.15, 0.2) is 48.5 Å². The van der Waals surface area contributed by atoms with Gasteiger partial charge >= 0.3 is 0 Å². The smallest absolute Gasteiger partial charge is 0.244 e. The number of rotatable bonds is 6. The van der Waals surface area contributed by atoms with Gasteiger partial charge in [-0.1, -0.05) is 12.1 Å². The van der Waals surface area contributed by atoms with E-state index in [0.29, 0.717) is 30.4 Å². The van der Waals surface area contributed by atoms with Gasteiger partial charge in [-0.25, -0.2) is 0 Å². The van der Waals surface area contributed by atoms with Gasteiger partial charge in [-0.3, -0.25) is 4.79 Å². The average Bonchev–Trinajstić information content (AvgIpc) is 2.70. The van der Waals surface area contributed by atoms with Crippen LogP contribution in [0.2, 0.25) is 0 Å². The van der Waals surface area contributed by atoms with E-state index in [0.717, 1.165) is 11.3 Å². The molecule has 0 spiro atoms. The number of amides is 1. The molecule has 0 aromatic heterocycles. The zero-order valence-electron chi connectivity index (χ0n) is 14.7. The second kappa shape index (κ2) is 8.29. The highest BCUT2D eigenvalue weighted by Crippen LogP contribution is 2.30. The van der Waals surface area contributed by atoms with Crippen LogP contribution < -0.4 is 24.3 Å². The van der Waals surface area contributed by atoms with Crippen molar-refractivity contribution in [1.29, 1.82) is 0 Å². The molecule has 0 saturated heterocycles. The van der Waals surface area contributed by atoms with Gasteiger partial charge in [-0.05, 0) is 36.4 Å². The van der Waals surface area contributed by atoms with E-state index in [1.54, 1.807) is 38.5 Å². The normalized spacial score (nSPS) is 15.5. The highest BCUT2D eigenvalue weighted by Gasteiger charge is 2.20. The van der Waals surface area contributed by atoms with Crippen molar-refractivity contribution in [2.75, 3.05) is 27.4 Å². The predicted octanol–water partition coefficient (Wildman–Crippen LogP) is 2.67. The maximum atomic E-state index is 12.1. The number of benzene rings is 2. The third-order valence-corrected chi connectivity index (χ3v) is 3.92. The van der Waals surface area contributed by atoms with Crippen LogP contribution in [0.25, 0.3) is 6.08 Å². The molecule has 2 aromatic rings. The molecule has 0 aliphatic carbocycles. The van der Waals surface area contributed by atoms with Gasteiger partial charge in [0.05, 0.1) is 20.8 Å². The summed E-state index contributed by atoms with van der Waals surface area (Å²) in [6, 6.07) is 12.9. The molecule has 0 bridgehead atoms. The van der Waals surface area contributed by atoms with Crippen molar-refractivity contribution in [2.24, 2.45) is 0 Å². The predicted molar refractivity (Wildman–Crippen MR) is 97.9 cm³/mol. The van der Waals surface area contributed by atoms with E-state index in [1.807, 2.05) is 24.3 Å². The number of hydrogen-bond acceptors (Lipinski definition) is 5. The second-order valence-electron chi connectivity index (χ2n) is 5.68. The van der Waals surface area contributed by atoms with Gasteiger partial charge in [-0.15, -0.1) is 0 Å². The molecule has 2 aromatic carbocycles. The van der Waals surface area contributed by atoms with Gasteiger partial charge in [0.15, 0.2) is 11.5 Å². The lowest BCUT2D eigenvalue weighted by Gasteiger charge is -2.26. The average molecular weight is 355 g/mol. The number of hydrogen-bond donors (Lipinski definition) is 1. The van der Waals surface area contributed by atoms with E-state index in [4.69, 9.17) is 18.9 Å². The fraction of sp³-hybridized carbons (Fsp3) is 0.250. The molecule has 6 nitrogen and oxygen atoms in total. The van der Waals surface area contributed by atoms with E-state index in [2.05, 4.69) is 5.32 Å². The van der Waals surface area contributed by atoms with Gasteiger partial charge < -0.3 is 24.3 Å². The molecule has 1 heterocycles. The molecule has 1 N–H and O–H groups in total. The third-order valence-electron chi connectivity index (χ3n) is 3.92. The molecule has 26 heavy (non-hydrogen) atoms. The van der Waals surface area contributed by atoms with Gasteiger partial charge in [0.1, 0.15) is 24.2 Å². The summed E-state index contributed by atoms with van der Waals surface area (Å²) < 4.78 is 21.9. The van der Waals surface area contributed by atoms with Crippen LogP contribution in [0.4, 0.5) is 0 Å². The summed E-state index contributed by atoms with van der Waals surface area (Å²) in [5.41, 5.74) is 0.758. The molecule has 1 amide bonds. The first-order valence-corrected chi connectivity index (χ1v) is 8.26. The summed E-state index contributed by atoms with van der Waals surface area (Å²) in [5, 5.41) is 2.82. The fourth-order valence-corrected chi connectivity index (χ4v) is 2.57. The monoisotopic (exact) mass is 355 g/mol. The van der Waals surface area contributed by atoms with Crippen molar-refractivity contribution in [3.63, 3.8) is 0 Å². The third kappa shape index (κ3) is 4.27. The topological polar surface area (TPSA) is 66.0 Å². The molecule has 0 radical (unpaired) electrons. The number of nitrogens with one attached hydrogen (secondary N) is 1. The van der Waals surface area contributed by atoms with Crippen molar-refractivity contribution in [3.8, 4) is 23.0 Å². The van der Waals surface area contributed by atoms with Crippen LogP contribution in [-0.4, -0.2) is 39.4 Å². The number of carbonyl (C=O) groups excluding carboxylic acids is 1. The van der Waals surface area contributed by atoms with Crippen molar-refractivity contribution in [2.45, 2.75) is 6.10 Å². The molecule has 136 valence electrons. The highest BCUT2D eigenvalue weighted by atomic mass is 16.6. The first kappa shape index (κ1) is 17.7. The van der Waals surface area contributed by atoms with Crippen molar-refractivity contribution >= 4 is 12.0 Å². The summed E-state index contributed by atoms with van der Waals surface area (Å²) in [5.74, 6) is 2.54. The van der Waals surface area contributed by atoms with E-state index in [9.17, 15) is 4.79 Å². The van der Waals surface area contributed by atoms with Gasteiger partial charge in [0.2, 0.25) is 5.91 Å². The van der Waals surface area contributed by atoms with E-state index < -0.39 is 0 Å². The zero-order chi connectivity index (χ0) is 18.4. The zero-order valence-corrected chi connectivity index (χ0v) is 14.7. The van der Waals surface area contributed by atoms with Crippen molar-refractivity contribution in [1.82, 2.24) is 5.32 Å². The Hall–Kier alpha value is -3.15. The molecule has 1 aliphatic rings. The first-order valence-electron chi connectivity index (χ1n) is 8.26. The lowest BCUT2D eigenvalue weighted by atomic mass is 10.1. The Kier molecular flexibility index (Phi) is 5.63. The lowest BCUT2D eigenvalue weighted by Crippen LogP contribution is -2.40. The minimum atomic E-state index is -0.228. The minimum absolute atomic E-state index is 0.225. The summed E-state index contributed by atoms with van der Waals surface area (Å²) >= 11 is 0. The second-order valence-corrected chi connectivity index (χ2v) is 5.68. The molecule has 3 rings (SSSR count). The standard InChI is InChI=1S/C20H21NO5/c1-23-15-8-9-17(24-2)14(11-15)7-10-20(22)21-12-16-13-25-18-5-3-4-6-19(18)26-16/h3-11,16H,12-13H2,1-2H3,(H,21,22). The summed E-state index contributed by atoms with van der Waals surface area (Å²) in [6.45, 7) is 0.747. The van der Waals surface area contributed by atoms with E-state index in [-0.39, 0.29) is 12.0 Å². The van der Waals surface area contributed by atoms with Crippen molar-refractivity contribution in [3.05, 3.63) is 54.1 Å². The number of methoxy groups -OCH3 is 2. The Balaban J connectivity index is 1.56. The molecule has 1 aliphatic heterocycles. The number of carbonyl (C=O) groups is 1. The molecular formula is C20H21NO5. The molecule has 1 atom stereocenters. The van der Waals surface area contributed by atoms with Gasteiger partial charge in [0.25, 0.3) is 0 Å². The Labute approximate surface area is 152 Å². The Bertz CT molecular complexity index is 803. The minimum Gasteiger partial charge on any atom is -0.497 e. The van der Waals surface area contributed by atoms with E-state index in [1.165, 1.54) is 6.08 Å². The van der Waals surface area contributed by atoms with Crippen LogP contribution >= 0.6 is 0 Å². The first-order chi connectivity index (χ1) is 12.7. The van der Waals surface area contributed by atoms with Crippen LogP contribution in [0.3, 0.4) is 0 Å². The quantitative estimate of drug-likeness (QED) is 0.807. The molecule has 0 saturated carbocycles. The summed E-state index contributed by atoms with van der Waals surface area (Å²) in [7, 11) is 3.17. The largest absolute Gasteiger partial charge is 0.497 e. The van der Waals surface area contributed by atoms with Gasteiger partial charge in [0, 0.05) is 11.6 Å². The Morgan fingerprint density at radius 3 is 2.77 bits per heavy atom. The van der Waals surface area contributed by atoms with Crippen LogP contribution in [0.1, 0.15) is 5.56 Å². The number of ether oxygens (including phenoxy) is 4. The van der Waals surface area contributed by atoms with Crippen molar-refractivity contribution < 1.29 is 23.7 Å². The van der Waals surface area contributed by atoms with E-state index >= 15 is 0 Å². The fourth-order valence-electron chi connectivity index (χ4n) is 2.57. The lowest BCUT2D eigenvalue weighted by molar-refractivity contribution is -0.116.